The van der Waals surface area contributed by atoms with Gasteiger partial charge in [0.15, 0.2) is 0 Å². The van der Waals surface area contributed by atoms with E-state index in [4.69, 9.17) is 0 Å². The van der Waals surface area contributed by atoms with Crippen molar-refractivity contribution < 1.29 is 5.11 Å². The van der Waals surface area contributed by atoms with E-state index in [-0.39, 0.29) is 5.56 Å². The maximum Gasteiger partial charge on any atom is 0.268 e. The second-order valence-electron chi connectivity index (χ2n) is 4.73. The van der Waals surface area contributed by atoms with Crippen LogP contribution in [0.25, 0.3) is 0 Å². The summed E-state index contributed by atoms with van der Waals surface area (Å²) in [5.41, 5.74) is -0.138. The molecule has 1 rings (SSSR count). The Morgan fingerprint density at radius 3 is 2.56 bits per heavy atom. The van der Waals surface area contributed by atoms with Crippen molar-refractivity contribution in [3.05, 3.63) is 22.6 Å². The van der Waals surface area contributed by atoms with E-state index >= 15 is 0 Å². The third-order valence-corrected chi connectivity index (χ3v) is 2.31. The molecule has 0 saturated heterocycles. The number of nitrogens with zero attached hydrogens (tertiary/aromatic N) is 3. The molecule has 5 nitrogen and oxygen atoms in total. The van der Waals surface area contributed by atoms with Gasteiger partial charge in [0, 0.05) is 26.7 Å². The highest BCUT2D eigenvalue weighted by Gasteiger charge is 2.13. The first-order valence-electron chi connectivity index (χ1n) is 5.26. The highest BCUT2D eigenvalue weighted by molar-refractivity contribution is 5.40. The molecule has 0 saturated carbocycles. The molecular formula is C11H19N3O2. The average Bonchev–Trinajstić information content (AvgIpc) is 2.14. The van der Waals surface area contributed by atoms with E-state index in [9.17, 15) is 9.90 Å². The molecule has 1 heterocycles. The van der Waals surface area contributed by atoms with Crippen LogP contribution in [-0.2, 0) is 6.54 Å². The third kappa shape index (κ3) is 3.66. The SMILES string of the molecule is CN(C)c1cnn(CCC(C)(C)O)c(=O)c1. The molecule has 90 valence electrons. The molecule has 0 bridgehead atoms. The molecular weight excluding hydrogens is 206 g/mol. The molecule has 0 unspecified atom stereocenters. The van der Waals surface area contributed by atoms with Gasteiger partial charge in [-0.25, -0.2) is 4.68 Å². The van der Waals surface area contributed by atoms with Gasteiger partial charge in [-0.2, -0.15) is 5.10 Å². The molecule has 0 atom stereocenters. The normalized spacial score (nSPS) is 11.6. The van der Waals surface area contributed by atoms with Gasteiger partial charge in [-0.05, 0) is 20.3 Å². The summed E-state index contributed by atoms with van der Waals surface area (Å²) in [6, 6.07) is 1.54. The lowest BCUT2D eigenvalue weighted by atomic mass is 10.1. The lowest BCUT2D eigenvalue weighted by Crippen LogP contribution is -2.28. The molecule has 1 aromatic rings. The molecule has 0 aliphatic rings. The molecule has 16 heavy (non-hydrogen) atoms. The van der Waals surface area contributed by atoms with Crippen molar-refractivity contribution in [1.29, 1.82) is 0 Å². The zero-order valence-corrected chi connectivity index (χ0v) is 10.3. The highest BCUT2D eigenvalue weighted by Crippen LogP contribution is 2.08. The van der Waals surface area contributed by atoms with Crippen LogP contribution in [0.3, 0.4) is 0 Å². The first-order valence-corrected chi connectivity index (χ1v) is 5.26. The summed E-state index contributed by atoms with van der Waals surface area (Å²) in [4.78, 5) is 13.5. The topological polar surface area (TPSA) is 58.4 Å². The Morgan fingerprint density at radius 1 is 1.50 bits per heavy atom. The molecule has 5 heteroatoms. The van der Waals surface area contributed by atoms with Gasteiger partial charge >= 0.3 is 0 Å². The van der Waals surface area contributed by atoms with Crippen molar-refractivity contribution in [2.24, 2.45) is 0 Å². The van der Waals surface area contributed by atoms with Crippen LogP contribution >= 0.6 is 0 Å². The molecule has 1 N–H and O–H groups in total. The average molecular weight is 225 g/mol. The van der Waals surface area contributed by atoms with Gasteiger partial charge in [-0.15, -0.1) is 0 Å². The van der Waals surface area contributed by atoms with E-state index in [2.05, 4.69) is 5.10 Å². The molecule has 0 spiro atoms. The minimum Gasteiger partial charge on any atom is -0.390 e. The maximum absolute atomic E-state index is 11.7. The first kappa shape index (κ1) is 12.7. The lowest BCUT2D eigenvalue weighted by molar-refractivity contribution is 0.0646. The van der Waals surface area contributed by atoms with Crippen LogP contribution in [0.2, 0.25) is 0 Å². The number of hydrogen-bond donors (Lipinski definition) is 1. The Balaban J connectivity index is 2.80. The summed E-state index contributed by atoms with van der Waals surface area (Å²) >= 11 is 0. The van der Waals surface area contributed by atoms with Crippen LogP contribution in [0.1, 0.15) is 20.3 Å². The van der Waals surface area contributed by atoms with Gasteiger partial charge in [-0.1, -0.05) is 0 Å². The smallest absolute Gasteiger partial charge is 0.268 e. The predicted octanol–water partition coefficient (Wildman–Crippen LogP) is 0.470. The van der Waals surface area contributed by atoms with Gasteiger partial charge in [0.25, 0.3) is 5.56 Å². The number of anilines is 1. The Hall–Kier alpha value is -1.36. The standard InChI is InChI=1S/C11H19N3O2/c1-11(2,16)5-6-14-10(15)7-9(8-12-14)13(3)4/h7-8,16H,5-6H2,1-4H3. The van der Waals surface area contributed by atoms with Crippen molar-refractivity contribution in [1.82, 2.24) is 9.78 Å². The van der Waals surface area contributed by atoms with E-state index in [1.165, 1.54) is 10.7 Å². The van der Waals surface area contributed by atoms with Crippen LogP contribution in [0.15, 0.2) is 17.1 Å². The molecule has 1 aromatic heterocycles. The number of aromatic nitrogens is 2. The molecule has 0 aliphatic heterocycles. The Labute approximate surface area is 95.3 Å². The highest BCUT2D eigenvalue weighted by atomic mass is 16.3. The predicted molar refractivity (Wildman–Crippen MR) is 63.7 cm³/mol. The van der Waals surface area contributed by atoms with Gasteiger partial charge in [-0.3, -0.25) is 4.79 Å². The number of hydrogen-bond acceptors (Lipinski definition) is 4. The monoisotopic (exact) mass is 225 g/mol. The summed E-state index contributed by atoms with van der Waals surface area (Å²) in [5, 5.41) is 13.6. The van der Waals surface area contributed by atoms with Crippen LogP contribution in [0.4, 0.5) is 5.69 Å². The van der Waals surface area contributed by atoms with E-state index in [0.29, 0.717) is 13.0 Å². The van der Waals surface area contributed by atoms with E-state index in [1.54, 1.807) is 20.0 Å². The quantitative estimate of drug-likeness (QED) is 0.809. The number of aryl methyl sites for hydroxylation is 1. The Kier molecular flexibility index (Phi) is 3.70. The minimum absolute atomic E-state index is 0.143. The second kappa shape index (κ2) is 4.65. The van der Waals surface area contributed by atoms with E-state index < -0.39 is 5.60 Å². The minimum atomic E-state index is -0.776. The largest absolute Gasteiger partial charge is 0.390 e. The van der Waals surface area contributed by atoms with Crippen LogP contribution in [0, 0.1) is 0 Å². The fraction of sp³-hybridized carbons (Fsp3) is 0.636. The Morgan fingerprint density at radius 2 is 2.12 bits per heavy atom. The maximum atomic E-state index is 11.7. The fourth-order valence-electron chi connectivity index (χ4n) is 1.22. The number of aliphatic hydroxyl groups is 1. The van der Waals surface area contributed by atoms with E-state index in [0.717, 1.165) is 5.69 Å². The summed E-state index contributed by atoms with van der Waals surface area (Å²) in [6.07, 6.45) is 2.15. The molecule has 0 amide bonds. The number of rotatable bonds is 4. The Bertz CT molecular complexity index is 404. The molecule has 0 aromatic carbocycles. The second-order valence-corrected chi connectivity index (χ2v) is 4.73. The van der Waals surface area contributed by atoms with E-state index in [1.807, 2.05) is 19.0 Å². The van der Waals surface area contributed by atoms with Gasteiger partial charge in [0.2, 0.25) is 0 Å². The molecule has 0 aliphatic carbocycles. The molecule has 0 fully saturated rings. The third-order valence-electron chi connectivity index (χ3n) is 2.31. The zero-order valence-electron chi connectivity index (χ0n) is 10.3. The van der Waals surface area contributed by atoms with Crippen molar-refractivity contribution >= 4 is 5.69 Å². The van der Waals surface area contributed by atoms with Gasteiger partial charge in [0.1, 0.15) is 0 Å². The summed E-state index contributed by atoms with van der Waals surface area (Å²) < 4.78 is 1.37. The van der Waals surface area contributed by atoms with Crippen LogP contribution in [-0.4, -0.2) is 34.6 Å². The fourth-order valence-corrected chi connectivity index (χ4v) is 1.22. The van der Waals surface area contributed by atoms with Crippen molar-refractivity contribution in [2.45, 2.75) is 32.4 Å². The van der Waals surface area contributed by atoms with Gasteiger partial charge < -0.3 is 10.0 Å². The summed E-state index contributed by atoms with van der Waals surface area (Å²) in [5.74, 6) is 0. The first-order chi connectivity index (χ1) is 7.29. The summed E-state index contributed by atoms with van der Waals surface area (Å²) in [6.45, 7) is 3.86. The zero-order chi connectivity index (χ0) is 12.3. The molecule has 0 radical (unpaired) electrons. The van der Waals surface area contributed by atoms with Crippen molar-refractivity contribution in [2.75, 3.05) is 19.0 Å². The van der Waals surface area contributed by atoms with Crippen LogP contribution in [0.5, 0.6) is 0 Å². The summed E-state index contributed by atoms with van der Waals surface area (Å²) in [7, 11) is 3.72. The van der Waals surface area contributed by atoms with Crippen molar-refractivity contribution in [3.63, 3.8) is 0 Å². The van der Waals surface area contributed by atoms with Crippen molar-refractivity contribution in [3.8, 4) is 0 Å². The van der Waals surface area contributed by atoms with Crippen LogP contribution < -0.4 is 10.5 Å². The van der Waals surface area contributed by atoms with Gasteiger partial charge in [0.05, 0.1) is 17.5 Å². The lowest BCUT2D eigenvalue weighted by Gasteiger charge is -2.17.